The van der Waals surface area contributed by atoms with Crippen molar-refractivity contribution in [1.29, 1.82) is 0 Å². The molecular weight excluding hydrogens is 198 g/mol. The fourth-order valence-corrected chi connectivity index (χ4v) is 1.38. The molecular formula is C10H13NO4. The summed E-state index contributed by atoms with van der Waals surface area (Å²) in [5.41, 5.74) is 0.150. The first-order valence-corrected chi connectivity index (χ1v) is 4.55. The summed E-state index contributed by atoms with van der Waals surface area (Å²) in [7, 11) is 1.16. The molecule has 0 atom stereocenters. The Morgan fingerprint density at radius 3 is 2.60 bits per heavy atom. The minimum absolute atomic E-state index is 0.303. The average molecular weight is 211 g/mol. The third kappa shape index (κ3) is 1.86. The van der Waals surface area contributed by atoms with E-state index >= 15 is 0 Å². The first-order chi connectivity index (χ1) is 7.02. The van der Waals surface area contributed by atoms with E-state index in [2.05, 4.69) is 9.72 Å². The molecule has 0 bridgehead atoms. The maximum atomic E-state index is 11.5. The Morgan fingerprint density at radius 2 is 2.13 bits per heavy atom. The molecule has 0 aliphatic heterocycles. The van der Waals surface area contributed by atoms with Crippen LogP contribution in [0.25, 0.3) is 0 Å². The summed E-state index contributed by atoms with van der Waals surface area (Å²) in [6, 6.07) is 0. The Bertz CT molecular complexity index is 447. The van der Waals surface area contributed by atoms with E-state index in [1.807, 2.05) is 6.92 Å². The summed E-state index contributed by atoms with van der Waals surface area (Å²) in [6.45, 7) is 3.48. The van der Waals surface area contributed by atoms with Crippen molar-refractivity contribution < 1.29 is 14.6 Å². The molecule has 0 radical (unpaired) electrons. The van der Waals surface area contributed by atoms with Crippen LogP contribution in [0.5, 0.6) is 5.75 Å². The number of H-pyrrole nitrogens is 1. The smallest absolute Gasteiger partial charge is 0.347 e. The van der Waals surface area contributed by atoms with Gasteiger partial charge in [-0.05, 0) is 13.3 Å². The lowest BCUT2D eigenvalue weighted by Gasteiger charge is -2.08. The Morgan fingerprint density at radius 1 is 1.53 bits per heavy atom. The van der Waals surface area contributed by atoms with Gasteiger partial charge in [-0.25, -0.2) is 4.79 Å². The number of aromatic nitrogens is 1. The van der Waals surface area contributed by atoms with Gasteiger partial charge in [-0.2, -0.15) is 0 Å². The number of ether oxygens (including phenoxy) is 1. The van der Waals surface area contributed by atoms with E-state index < -0.39 is 11.5 Å². The summed E-state index contributed by atoms with van der Waals surface area (Å²) in [5, 5.41) is 9.67. The van der Waals surface area contributed by atoms with Gasteiger partial charge in [0.2, 0.25) is 0 Å². The Hall–Kier alpha value is -1.78. The standard InChI is InChI=1S/C10H13NO4/c1-4-6-5(2)8(12)7(9(13)11-6)10(14)15-3/h4H2,1-3H3,(H2,11,12,13). The molecule has 1 heterocycles. The summed E-state index contributed by atoms with van der Waals surface area (Å²) >= 11 is 0. The largest absolute Gasteiger partial charge is 0.506 e. The molecule has 0 aromatic carbocycles. The number of hydrogen-bond donors (Lipinski definition) is 2. The minimum Gasteiger partial charge on any atom is -0.506 e. The SMILES string of the molecule is CCc1[nH]c(=O)c(C(=O)OC)c(O)c1C. The summed E-state index contributed by atoms with van der Waals surface area (Å²) < 4.78 is 4.41. The third-order valence-corrected chi connectivity index (χ3v) is 2.28. The van der Waals surface area contributed by atoms with Crippen molar-refractivity contribution in [3.8, 4) is 5.75 Å². The molecule has 15 heavy (non-hydrogen) atoms. The molecule has 0 aliphatic carbocycles. The highest BCUT2D eigenvalue weighted by atomic mass is 16.5. The molecule has 5 nitrogen and oxygen atoms in total. The van der Waals surface area contributed by atoms with E-state index in [-0.39, 0.29) is 11.3 Å². The van der Waals surface area contributed by atoms with E-state index in [0.29, 0.717) is 17.7 Å². The number of aromatic hydroxyl groups is 1. The number of aromatic amines is 1. The molecule has 0 amide bonds. The van der Waals surface area contributed by atoms with Crippen molar-refractivity contribution in [1.82, 2.24) is 4.98 Å². The van der Waals surface area contributed by atoms with E-state index in [4.69, 9.17) is 0 Å². The molecule has 0 aliphatic rings. The predicted molar refractivity (Wildman–Crippen MR) is 54.2 cm³/mol. The molecule has 1 rings (SSSR count). The van der Waals surface area contributed by atoms with E-state index in [0.717, 1.165) is 7.11 Å². The molecule has 5 heteroatoms. The van der Waals surface area contributed by atoms with Crippen LogP contribution in [0, 0.1) is 6.92 Å². The highest BCUT2D eigenvalue weighted by Gasteiger charge is 2.20. The Kier molecular flexibility index (Phi) is 3.14. The van der Waals surface area contributed by atoms with E-state index in [9.17, 15) is 14.7 Å². The number of methoxy groups -OCH3 is 1. The average Bonchev–Trinajstić information content (AvgIpc) is 2.23. The van der Waals surface area contributed by atoms with Crippen LogP contribution in [0.15, 0.2) is 4.79 Å². The topological polar surface area (TPSA) is 79.4 Å². The van der Waals surface area contributed by atoms with Gasteiger partial charge in [-0.3, -0.25) is 4.79 Å². The number of carbonyl (C=O) groups excluding carboxylic acids is 1. The van der Waals surface area contributed by atoms with Gasteiger partial charge >= 0.3 is 5.97 Å². The third-order valence-electron chi connectivity index (χ3n) is 2.28. The molecule has 1 aromatic heterocycles. The van der Waals surface area contributed by atoms with Crippen molar-refractivity contribution in [2.24, 2.45) is 0 Å². The van der Waals surface area contributed by atoms with Crippen LogP contribution >= 0.6 is 0 Å². The van der Waals surface area contributed by atoms with Gasteiger partial charge in [0.1, 0.15) is 5.75 Å². The predicted octanol–water partition coefficient (Wildman–Crippen LogP) is 0.738. The van der Waals surface area contributed by atoms with Crippen LogP contribution in [0.4, 0.5) is 0 Å². The monoisotopic (exact) mass is 211 g/mol. The molecule has 1 aromatic rings. The first kappa shape index (κ1) is 11.3. The van der Waals surface area contributed by atoms with Crippen molar-refractivity contribution in [2.45, 2.75) is 20.3 Å². The lowest BCUT2D eigenvalue weighted by atomic mass is 10.1. The maximum absolute atomic E-state index is 11.5. The van der Waals surface area contributed by atoms with Crippen LogP contribution in [-0.2, 0) is 11.2 Å². The van der Waals surface area contributed by atoms with Gasteiger partial charge in [-0.1, -0.05) is 6.92 Å². The van der Waals surface area contributed by atoms with Crippen LogP contribution in [0.1, 0.15) is 28.5 Å². The summed E-state index contributed by atoms with van der Waals surface area (Å²) in [6.07, 6.45) is 0.579. The van der Waals surface area contributed by atoms with Gasteiger partial charge in [0.25, 0.3) is 5.56 Å². The number of hydrogen-bond acceptors (Lipinski definition) is 4. The molecule has 0 saturated carbocycles. The van der Waals surface area contributed by atoms with Gasteiger partial charge in [-0.15, -0.1) is 0 Å². The second-order valence-corrected chi connectivity index (χ2v) is 3.13. The van der Waals surface area contributed by atoms with Crippen LogP contribution < -0.4 is 5.56 Å². The van der Waals surface area contributed by atoms with Crippen molar-refractivity contribution in [2.75, 3.05) is 7.11 Å². The highest BCUT2D eigenvalue weighted by molar-refractivity contribution is 5.92. The zero-order valence-corrected chi connectivity index (χ0v) is 8.88. The number of carbonyl (C=O) groups is 1. The fraction of sp³-hybridized carbons (Fsp3) is 0.400. The van der Waals surface area contributed by atoms with Crippen LogP contribution in [0.3, 0.4) is 0 Å². The van der Waals surface area contributed by atoms with Gasteiger partial charge < -0.3 is 14.8 Å². The lowest BCUT2D eigenvalue weighted by molar-refractivity contribution is 0.0595. The molecule has 0 saturated heterocycles. The van der Waals surface area contributed by atoms with Crippen molar-refractivity contribution >= 4 is 5.97 Å². The number of pyridine rings is 1. The number of nitrogens with one attached hydrogen (secondary N) is 1. The Labute approximate surface area is 86.7 Å². The minimum atomic E-state index is -0.834. The number of aryl methyl sites for hydroxylation is 1. The quantitative estimate of drug-likeness (QED) is 0.707. The second kappa shape index (κ2) is 4.16. The maximum Gasteiger partial charge on any atom is 0.347 e. The van der Waals surface area contributed by atoms with Crippen LogP contribution in [-0.4, -0.2) is 23.2 Å². The first-order valence-electron chi connectivity index (χ1n) is 4.55. The molecule has 0 fully saturated rings. The van der Waals surface area contributed by atoms with Crippen molar-refractivity contribution in [3.63, 3.8) is 0 Å². The van der Waals surface area contributed by atoms with Gasteiger partial charge in [0, 0.05) is 11.3 Å². The lowest BCUT2D eigenvalue weighted by Crippen LogP contribution is -2.21. The second-order valence-electron chi connectivity index (χ2n) is 3.13. The van der Waals surface area contributed by atoms with E-state index in [1.54, 1.807) is 6.92 Å². The summed E-state index contributed by atoms with van der Waals surface area (Å²) in [4.78, 5) is 25.2. The zero-order chi connectivity index (χ0) is 11.6. The molecule has 82 valence electrons. The summed E-state index contributed by atoms with van der Waals surface area (Å²) in [5.74, 6) is -1.14. The van der Waals surface area contributed by atoms with Gasteiger partial charge in [0.05, 0.1) is 7.11 Å². The molecule has 2 N–H and O–H groups in total. The van der Waals surface area contributed by atoms with Crippen LogP contribution in [0.2, 0.25) is 0 Å². The normalized spacial score (nSPS) is 10.1. The van der Waals surface area contributed by atoms with Gasteiger partial charge in [0.15, 0.2) is 5.56 Å². The van der Waals surface area contributed by atoms with Crippen molar-refractivity contribution in [3.05, 3.63) is 27.2 Å². The zero-order valence-electron chi connectivity index (χ0n) is 8.88. The number of rotatable bonds is 2. The highest BCUT2D eigenvalue weighted by Crippen LogP contribution is 2.21. The van der Waals surface area contributed by atoms with E-state index in [1.165, 1.54) is 0 Å². The fourth-order valence-electron chi connectivity index (χ4n) is 1.38. The number of esters is 1. The molecule has 0 spiro atoms. The molecule has 0 unspecified atom stereocenters. The Balaban J connectivity index is 3.50.